The molecule has 0 aromatic rings. The zero-order valence-corrected chi connectivity index (χ0v) is 15.8. The highest BCUT2D eigenvalue weighted by atomic mass is 35.7. The third kappa shape index (κ3) is 22.1. The molecule has 0 spiro atoms. The monoisotopic (exact) mass is 352 g/mol. The molecule has 0 heterocycles. The van der Waals surface area contributed by atoms with Crippen LogP contribution in [0.25, 0.3) is 0 Å². The second-order valence-corrected chi connectivity index (χ2v) is 7.47. The Labute approximate surface area is 145 Å². The molecule has 0 atom stereocenters. The SMILES string of the molecule is CCCCCCCCCCCCCCCCCCO[Cl+3]([O-])([O-])[O-]. The largest absolute Gasteiger partial charge is 0.203 e. The lowest BCUT2D eigenvalue weighted by Crippen LogP contribution is -2.61. The Kier molecular flexibility index (Phi) is 17.1. The van der Waals surface area contributed by atoms with Crippen LogP contribution in [0.4, 0.5) is 0 Å². The summed E-state index contributed by atoms with van der Waals surface area (Å²) in [6.45, 7) is 2.28. The van der Waals surface area contributed by atoms with Crippen molar-refractivity contribution in [2.24, 2.45) is 0 Å². The van der Waals surface area contributed by atoms with Gasteiger partial charge in [0.1, 0.15) is 0 Å². The zero-order chi connectivity index (χ0) is 17.2. The molecule has 0 rings (SSSR count). The van der Waals surface area contributed by atoms with Gasteiger partial charge >= 0.3 is 0 Å². The Bertz CT molecular complexity index is 232. The first-order chi connectivity index (χ1) is 11.1. The first kappa shape index (κ1) is 23.1. The topological polar surface area (TPSA) is 78.4 Å². The van der Waals surface area contributed by atoms with Gasteiger partial charge in [0.15, 0.2) is 0 Å². The molecule has 0 N–H and O–H groups in total. The number of hydrogen-bond donors (Lipinski definition) is 0. The van der Waals surface area contributed by atoms with Crippen LogP contribution < -0.4 is 14.0 Å². The molecule has 5 heteroatoms. The van der Waals surface area contributed by atoms with Gasteiger partial charge in [0.25, 0.3) is 0 Å². The molecule has 0 aliphatic rings. The first-order valence-electron chi connectivity index (χ1n) is 9.61. The maximum Gasteiger partial charge on any atom is 0.203 e. The Balaban J connectivity index is 3.00. The van der Waals surface area contributed by atoms with E-state index >= 15 is 0 Å². The van der Waals surface area contributed by atoms with Crippen LogP contribution in [-0.2, 0) is 4.29 Å². The van der Waals surface area contributed by atoms with Gasteiger partial charge in [0.2, 0.25) is 6.61 Å². The van der Waals surface area contributed by atoms with E-state index in [-0.39, 0.29) is 6.61 Å². The normalized spacial score (nSPS) is 12.0. The van der Waals surface area contributed by atoms with Gasteiger partial charge in [0, 0.05) is 0 Å². The second-order valence-electron chi connectivity index (χ2n) is 6.49. The first-order valence-corrected chi connectivity index (χ1v) is 10.8. The fraction of sp³-hybridized carbons (Fsp3) is 1.00. The smallest absolute Gasteiger partial charge is 0.183 e. The summed E-state index contributed by atoms with van der Waals surface area (Å²) in [5, 5.41) is 0. The van der Waals surface area contributed by atoms with Gasteiger partial charge in [0.05, 0.1) is 14.5 Å². The summed E-state index contributed by atoms with van der Waals surface area (Å²) in [4.78, 5) is 0. The summed E-state index contributed by atoms with van der Waals surface area (Å²) in [5.74, 6) is 0. The fourth-order valence-electron chi connectivity index (χ4n) is 2.80. The molecule has 0 amide bonds. The van der Waals surface area contributed by atoms with Crippen molar-refractivity contribution in [2.75, 3.05) is 6.61 Å². The maximum atomic E-state index is 10.2. The minimum Gasteiger partial charge on any atom is -0.183 e. The number of hydrogen-bond acceptors (Lipinski definition) is 4. The lowest BCUT2D eigenvalue weighted by molar-refractivity contribution is -1.92. The molecule has 0 radical (unpaired) electrons. The van der Waals surface area contributed by atoms with Crippen molar-refractivity contribution in [1.29, 1.82) is 0 Å². The van der Waals surface area contributed by atoms with Crippen molar-refractivity contribution >= 4 is 0 Å². The third-order valence-corrected chi connectivity index (χ3v) is 4.63. The van der Waals surface area contributed by atoms with Crippen molar-refractivity contribution in [3.05, 3.63) is 0 Å². The molecule has 0 unspecified atom stereocenters. The molecule has 0 aromatic carbocycles. The van der Waals surface area contributed by atoms with Crippen LogP contribution in [0.5, 0.6) is 0 Å². The molecule has 0 aliphatic heterocycles. The molecule has 23 heavy (non-hydrogen) atoms. The lowest BCUT2D eigenvalue weighted by Gasteiger charge is -2.12. The average molecular weight is 353 g/mol. The van der Waals surface area contributed by atoms with Gasteiger partial charge in [-0.2, -0.15) is 14.0 Å². The summed E-state index contributed by atoms with van der Waals surface area (Å²) in [5.41, 5.74) is 0. The average Bonchev–Trinajstić information content (AvgIpc) is 2.49. The van der Waals surface area contributed by atoms with Crippen molar-refractivity contribution < 1.29 is 28.5 Å². The Hall–Kier alpha value is 0.130. The van der Waals surface area contributed by atoms with Crippen LogP contribution in [0.2, 0.25) is 0 Å². The highest BCUT2D eigenvalue weighted by molar-refractivity contribution is 4.49. The zero-order valence-electron chi connectivity index (χ0n) is 15.0. The quantitative estimate of drug-likeness (QED) is 0.355. The van der Waals surface area contributed by atoms with Crippen LogP contribution >= 0.6 is 0 Å². The molecule has 0 fully saturated rings. The molecule has 0 bridgehead atoms. The van der Waals surface area contributed by atoms with E-state index in [9.17, 15) is 14.0 Å². The maximum absolute atomic E-state index is 10.2. The summed E-state index contributed by atoms with van der Waals surface area (Å²) in [6, 6.07) is 0. The van der Waals surface area contributed by atoms with Crippen molar-refractivity contribution in [3.63, 3.8) is 0 Å². The van der Waals surface area contributed by atoms with Gasteiger partial charge in [-0.15, -0.1) is 0 Å². The molecular weight excluding hydrogens is 316 g/mol. The van der Waals surface area contributed by atoms with Crippen LogP contribution in [0.1, 0.15) is 110 Å². The molecule has 140 valence electrons. The standard InChI is InChI=1S/C18H37ClO4/c1-2-3-4-5-6-7-8-9-10-11-12-13-14-15-16-17-18-23-19(20,21)22/h2-18H2,1H3. The van der Waals surface area contributed by atoms with Crippen molar-refractivity contribution in [3.8, 4) is 0 Å². The molecule has 4 nitrogen and oxygen atoms in total. The third-order valence-electron chi connectivity index (χ3n) is 4.21. The van der Waals surface area contributed by atoms with E-state index in [1.807, 2.05) is 0 Å². The Morgan fingerprint density at radius 2 is 0.826 bits per heavy atom. The number of halogens is 1. The molecule has 0 aliphatic carbocycles. The van der Waals surface area contributed by atoms with Crippen LogP contribution in [0.15, 0.2) is 0 Å². The van der Waals surface area contributed by atoms with Gasteiger partial charge in [-0.05, 0) is 6.42 Å². The summed E-state index contributed by atoms with van der Waals surface area (Å²) >= 11 is 0. The van der Waals surface area contributed by atoms with Crippen molar-refractivity contribution in [2.45, 2.75) is 110 Å². The summed E-state index contributed by atoms with van der Waals surface area (Å²) in [6.07, 6.45) is 20.3. The molecule has 0 saturated carbocycles. The Morgan fingerprint density at radius 1 is 0.522 bits per heavy atom. The van der Waals surface area contributed by atoms with E-state index in [4.69, 9.17) is 0 Å². The molecule has 0 saturated heterocycles. The van der Waals surface area contributed by atoms with Gasteiger partial charge < -0.3 is 0 Å². The van der Waals surface area contributed by atoms with E-state index in [2.05, 4.69) is 11.2 Å². The molecule has 0 aromatic heterocycles. The number of unbranched alkanes of at least 4 members (excludes halogenated alkanes) is 15. The summed E-state index contributed by atoms with van der Waals surface area (Å²) in [7, 11) is -4.23. The van der Waals surface area contributed by atoms with Gasteiger partial charge in [-0.25, -0.2) is 0 Å². The van der Waals surface area contributed by atoms with Crippen molar-refractivity contribution in [1.82, 2.24) is 0 Å². The van der Waals surface area contributed by atoms with E-state index in [0.29, 0.717) is 6.42 Å². The van der Waals surface area contributed by atoms with Crippen LogP contribution in [0.3, 0.4) is 0 Å². The lowest BCUT2D eigenvalue weighted by atomic mass is 10.0. The fourth-order valence-corrected chi connectivity index (χ4v) is 3.10. The predicted octanol–water partition coefficient (Wildman–Crippen LogP) is 3.16. The highest BCUT2D eigenvalue weighted by Gasteiger charge is 2.15. The van der Waals surface area contributed by atoms with E-state index in [1.54, 1.807) is 0 Å². The van der Waals surface area contributed by atoms with E-state index < -0.39 is 10.2 Å². The van der Waals surface area contributed by atoms with Crippen LogP contribution in [0, 0.1) is 10.2 Å². The van der Waals surface area contributed by atoms with Gasteiger partial charge in [-0.1, -0.05) is 103 Å². The van der Waals surface area contributed by atoms with Crippen LogP contribution in [-0.4, -0.2) is 6.61 Å². The molecular formula is C18H37ClO4. The predicted molar refractivity (Wildman–Crippen MR) is 85.5 cm³/mol. The number of rotatable bonds is 18. The summed E-state index contributed by atoms with van der Waals surface area (Å²) < 4.78 is 34.7. The second kappa shape index (κ2) is 17.0. The minimum atomic E-state index is -4.23. The minimum absolute atomic E-state index is 0.0197. The Morgan fingerprint density at radius 3 is 1.13 bits per heavy atom. The van der Waals surface area contributed by atoms with E-state index in [0.717, 1.165) is 12.8 Å². The van der Waals surface area contributed by atoms with E-state index in [1.165, 1.54) is 83.5 Å². The highest BCUT2D eigenvalue weighted by Crippen LogP contribution is 2.13. The van der Waals surface area contributed by atoms with Gasteiger partial charge in [-0.3, -0.25) is 0 Å².